The molecule has 0 aliphatic carbocycles. The zero-order valence-electron chi connectivity index (χ0n) is 12.7. The van der Waals surface area contributed by atoms with Crippen LogP contribution in [0.1, 0.15) is 25.7 Å². The first-order valence-corrected chi connectivity index (χ1v) is 7.98. The van der Waals surface area contributed by atoms with Gasteiger partial charge in [-0.05, 0) is 49.9 Å². The van der Waals surface area contributed by atoms with E-state index >= 15 is 0 Å². The van der Waals surface area contributed by atoms with Gasteiger partial charge in [-0.1, -0.05) is 11.6 Å². The summed E-state index contributed by atoms with van der Waals surface area (Å²) in [6.07, 6.45) is 0.880. The minimum absolute atomic E-state index is 0.243. The van der Waals surface area contributed by atoms with Crippen molar-refractivity contribution >= 4 is 23.5 Å². The summed E-state index contributed by atoms with van der Waals surface area (Å²) < 4.78 is 10.7. The molecule has 2 atom stereocenters. The fourth-order valence-corrected chi connectivity index (χ4v) is 2.41. The number of nitrogens with one attached hydrogen (secondary N) is 1. The summed E-state index contributed by atoms with van der Waals surface area (Å²) in [7, 11) is 0. The van der Waals surface area contributed by atoms with Crippen LogP contribution in [0.15, 0.2) is 24.3 Å². The number of amides is 1. The number of benzene rings is 1. The third-order valence-electron chi connectivity index (χ3n) is 3.54. The average molecular weight is 342 g/mol. The van der Waals surface area contributed by atoms with E-state index < -0.39 is 18.2 Å². The summed E-state index contributed by atoms with van der Waals surface area (Å²) >= 11 is 5.79. The Kier molecular flexibility index (Phi) is 6.67. The van der Waals surface area contributed by atoms with Crippen molar-refractivity contribution in [2.45, 2.75) is 37.9 Å². The highest BCUT2D eigenvalue weighted by Gasteiger charge is 2.34. The molecule has 0 unspecified atom stereocenters. The third-order valence-corrected chi connectivity index (χ3v) is 3.79. The first kappa shape index (κ1) is 17.6. The van der Waals surface area contributed by atoms with E-state index in [1.54, 1.807) is 24.3 Å². The smallest absolute Gasteiger partial charge is 0.332 e. The van der Waals surface area contributed by atoms with E-state index in [9.17, 15) is 9.59 Å². The first-order valence-electron chi connectivity index (χ1n) is 7.60. The molecule has 1 aromatic rings. The molecule has 23 heavy (non-hydrogen) atoms. The molecule has 1 aliphatic heterocycles. The van der Waals surface area contributed by atoms with Gasteiger partial charge in [-0.3, -0.25) is 4.79 Å². The predicted molar refractivity (Wildman–Crippen MR) is 84.7 cm³/mol. The van der Waals surface area contributed by atoms with Crippen molar-refractivity contribution in [1.82, 2.24) is 5.32 Å². The highest BCUT2D eigenvalue weighted by Crippen LogP contribution is 2.20. The lowest BCUT2D eigenvalue weighted by Crippen LogP contribution is -2.36. The Balaban J connectivity index is 1.54. The van der Waals surface area contributed by atoms with Crippen LogP contribution in [0.25, 0.3) is 0 Å². The Hall–Kier alpha value is -1.79. The summed E-state index contributed by atoms with van der Waals surface area (Å²) in [5, 5.41) is 12.2. The fourth-order valence-electron chi connectivity index (χ4n) is 2.29. The minimum Gasteiger partial charge on any atom is -0.494 e. The number of carboxylic acids is 1. The number of aliphatic carboxylic acids is 1. The van der Waals surface area contributed by atoms with E-state index in [0.717, 1.165) is 18.6 Å². The van der Waals surface area contributed by atoms with Crippen LogP contribution in [-0.4, -0.2) is 42.3 Å². The van der Waals surface area contributed by atoms with Crippen molar-refractivity contribution in [1.29, 1.82) is 0 Å². The van der Waals surface area contributed by atoms with Gasteiger partial charge in [-0.25, -0.2) is 4.79 Å². The highest BCUT2D eigenvalue weighted by molar-refractivity contribution is 6.30. The van der Waals surface area contributed by atoms with Crippen molar-refractivity contribution in [3.8, 4) is 5.75 Å². The van der Waals surface area contributed by atoms with Crippen LogP contribution in [0, 0.1) is 0 Å². The van der Waals surface area contributed by atoms with Crippen LogP contribution >= 0.6 is 11.6 Å². The molecule has 126 valence electrons. The largest absolute Gasteiger partial charge is 0.494 e. The minimum atomic E-state index is -1.01. The van der Waals surface area contributed by atoms with Gasteiger partial charge in [-0.2, -0.15) is 0 Å². The van der Waals surface area contributed by atoms with Gasteiger partial charge in [0.25, 0.3) is 0 Å². The molecule has 1 aliphatic rings. The molecule has 1 amide bonds. The SMILES string of the molecule is O=C(NCCCCOc1ccc(Cl)cc1)[C@@H]1CC[C@H](C(=O)O)O1. The first-order chi connectivity index (χ1) is 11.1. The molecule has 2 rings (SSSR count). The fraction of sp³-hybridized carbons (Fsp3) is 0.500. The average Bonchev–Trinajstić information content (AvgIpc) is 3.02. The second-order valence-corrected chi connectivity index (χ2v) is 5.77. The zero-order valence-corrected chi connectivity index (χ0v) is 13.4. The quantitative estimate of drug-likeness (QED) is 0.708. The van der Waals surface area contributed by atoms with Crippen molar-refractivity contribution in [3.05, 3.63) is 29.3 Å². The van der Waals surface area contributed by atoms with Crippen LogP contribution in [0.2, 0.25) is 5.02 Å². The molecule has 1 heterocycles. The Morgan fingerprint density at radius 1 is 1.22 bits per heavy atom. The van der Waals surface area contributed by atoms with Crippen molar-refractivity contribution in [2.75, 3.05) is 13.2 Å². The lowest BCUT2D eigenvalue weighted by molar-refractivity contribution is -0.151. The van der Waals surface area contributed by atoms with Crippen molar-refractivity contribution < 1.29 is 24.2 Å². The number of carbonyl (C=O) groups is 2. The molecule has 1 saturated heterocycles. The molecule has 0 aromatic heterocycles. The van der Waals surface area contributed by atoms with E-state index in [2.05, 4.69) is 5.32 Å². The molecule has 6 nitrogen and oxygen atoms in total. The summed E-state index contributed by atoms with van der Waals surface area (Å²) in [6, 6.07) is 7.15. The summed E-state index contributed by atoms with van der Waals surface area (Å²) in [5.41, 5.74) is 0. The van der Waals surface area contributed by atoms with E-state index in [1.807, 2.05) is 0 Å². The maximum atomic E-state index is 11.8. The number of ether oxygens (including phenoxy) is 2. The number of carboxylic acid groups (broad SMARTS) is 1. The van der Waals surface area contributed by atoms with E-state index in [4.69, 9.17) is 26.2 Å². The van der Waals surface area contributed by atoms with Gasteiger partial charge in [-0.15, -0.1) is 0 Å². The lowest BCUT2D eigenvalue weighted by atomic mass is 10.2. The van der Waals surface area contributed by atoms with E-state index in [1.165, 1.54) is 0 Å². The molecule has 0 spiro atoms. The predicted octanol–water partition coefficient (Wildman–Crippen LogP) is 2.25. The molecular formula is C16H20ClNO5. The van der Waals surface area contributed by atoms with E-state index in [-0.39, 0.29) is 5.91 Å². The van der Waals surface area contributed by atoms with Crippen molar-refractivity contribution in [2.24, 2.45) is 0 Å². The normalized spacial score (nSPS) is 20.2. The second-order valence-electron chi connectivity index (χ2n) is 5.33. The van der Waals surface area contributed by atoms with Crippen LogP contribution < -0.4 is 10.1 Å². The maximum absolute atomic E-state index is 11.8. The van der Waals surface area contributed by atoms with Gasteiger partial charge in [0.05, 0.1) is 6.61 Å². The van der Waals surface area contributed by atoms with Gasteiger partial charge in [0, 0.05) is 11.6 Å². The number of carbonyl (C=O) groups excluding carboxylic acids is 1. The Labute approximate surface area is 139 Å². The summed E-state index contributed by atoms with van der Waals surface area (Å²) in [4.78, 5) is 22.6. The standard InChI is InChI=1S/C16H20ClNO5/c17-11-3-5-12(6-4-11)22-10-2-1-9-18-15(19)13-7-8-14(23-13)16(20)21/h3-6,13-14H,1-2,7-10H2,(H,18,19)(H,20,21)/t13-,14+/m0/s1. The summed E-state index contributed by atoms with van der Waals surface area (Å²) in [6.45, 7) is 1.07. The molecule has 1 fully saturated rings. The van der Waals surface area contributed by atoms with Gasteiger partial charge in [0.15, 0.2) is 6.10 Å². The number of halogens is 1. The zero-order chi connectivity index (χ0) is 16.7. The molecule has 0 radical (unpaired) electrons. The van der Waals surface area contributed by atoms with Gasteiger partial charge in [0.1, 0.15) is 11.9 Å². The molecule has 0 saturated carbocycles. The van der Waals surface area contributed by atoms with Crippen molar-refractivity contribution in [3.63, 3.8) is 0 Å². The Morgan fingerprint density at radius 2 is 1.91 bits per heavy atom. The molecule has 1 aromatic carbocycles. The number of hydrogen-bond donors (Lipinski definition) is 2. The maximum Gasteiger partial charge on any atom is 0.332 e. The van der Waals surface area contributed by atoms with Crippen LogP contribution in [0.5, 0.6) is 5.75 Å². The Bertz CT molecular complexity index is 534. The van der Waals surface area contributed by atoms with Crippen LogP contribution in [0.3, 0.4) is 0 Å². The lowest BCUT2D eigenvalue weighted by Gasteiger charge is -2.12. The summed E-state index contributed by atoms with van der Waals surface area (Å²) in [5.74, 6) is -0.496. The Morgan fingerprint density at radius 3 is 2.57 bits per heavy atom. The number of rotatable bonds is 8. The molecule has 2 N–H and O–H groups in total. The molecule has 7 heteroatoms. The topological polar surface area (TPSA) is 84.9 Å². The van der Waals surface area contributed by atoms with Crippen LogP contribution in [-0.2, 0) is 14.3 Å². The van der Waals surface area contributed by atoms with Gasteiger partial charge < -0.3 is 19.9 Å². The molecular weight excluding hydrogens is 322 g/mol. The highest BCUT2D eigenvalue weighted by atomic mass is 35.5. The number of unbranched alkanes of at least 4 members (excludes halogenated alkanes) is 1. The second kappa shape index (κ2) is 8.74. The number of hydrogen-bond acceptors (Lipinski definition) is 4. The van der Waals surface area contributed by atoms with Gasteiger partial charge in [0.2, 0.25) is 5.91 Å². The van der Waals surface area contributed by atoms with E-state index in [0.29, 0.717) is 31.0 Å². The van der Waals surface area contributed by atoms with Crippen LogP contribution in [0.4, 0.5) is 0 Å². The molecule has 0 bridgehead atoms. The monoisotopic (exact) mass is 341 g/mol. The van der Waals surface area contributed by atoms with Gasteiger partial charge >= 0.3 is 5.97 Å². The third kappa shape index (κ3) is 5.73.